The maximum Gasteiger partial charge on any atom is 0.392 e. The number of halogens is 3. The van der Waals surface area contributed by atoms with E-state index in [1.54, 1.807) is 0 Å². The molecular formula is C8H12F3NO. The first-order valence-corrected chi connectivity index (χ1v) is 4.29. The number of primary amides is 1. The lowest BCUT2D eigenvalue weighted by Crippen LogP contribution is -2.40. The molecule has 2 N–H and O–H groups in total. The van der Waals surface area contributed by atoms with Crippen molar-refractivity contribution < 1.29 is 18.0 Å². The van der Waals surface area contributed by atoms with Crippen LogP contribution < -0.4 is 5.73 Å². The Morgan fingerprint density at radius 2 is 1.77 bits per heavy atom. The minimum Gasteiger partial charge on any atom is -0.369 e. The minimum atomic E-state index is -4.28. The molecule has 1 saturated carbocycles. The zero-order valence-electron chi connectivity index (χ0n) is 7.10. The van der Waals surface area contributed by atoms with E-state index >= 15 is 0 Å². The van der Waals surface area contributed by atoms with Crippen molar-refractivity contribution in [2.24, 2.45) is 17.6 Å². The van der Waals surface area contributed by atoms with Crippen molar-refractivity contribution in [3.63, 3.8) is 0 Å². The van der Waals surface area contributed by atoms with Crippen LogP contribution in [0.15, 0.2) is 0 Å². The zero-order valence-corrected chi connectivity index (χ0v) is 7.10. The minimum absolute atomic E-state index is 0.0388. The van der Waals surface area contributed by atoms with E-state index in [2.05, 4.69) is 0 Å². The molecule has 1 rings (SSSR count). The molecule has 0 bridgehead atoms. The van der Waals surface area contributed by atoms with Gasteiger partial charge in [-0.15, -0.1) is 0 Å². The Kier molecular flexibility index (Phi) is 2.83. The maximum absolute atomic E-state index is 12.3. The predicted octanol–water partition coefficient (Wildman–Crippen LogP) is 1.84. The third-order valence-electron chi connectivity index (χ3n) is 2.55. The lowest BCUT2D eigenvalue weighted by molar-refractivity contribution is -0.197. The van der Waals surface area contributed by atoms with Gasteiger partial charge in [-0.3, -0.25) is 4.79 Å². The number of rotatable bonds is 1. The highest BCUT2D eigenvalue weighted by atomic mass is 19.4. The molecule has 0 saturated heterocycles. The number of nitrogens with two attached hydrogens (primary N) is 1. The summed E-state index contributed by atoms with van der Waals surface area (Å²) >= 11 is 0. The van der Waals surface area contributed by atoms with E-state index in [1.807, 2.05) is 0 Å². The Hall–Kier alpha value is -0.740. The summed E-state index contributed by atoms with van der Waals surface area (Å²) in [6.07, 6.45) is -2.76. The van der Waals surface area contributed by atoms with Crippen LogP contribution in [0.1, 0.15) is 25.7 Å². The lowest BCUT2D eigenvalue weighted by Gasteiger charge is -2.30. The van der Waals surface area contributed by atoms with Gasteiger partial charge < -0.3 is 5.73 Å². The lowest BCUT2D eigenvalue weighted by atomic mass is 9.78. The van der Waals surface area contributed by atoms with Crippen LogP contribution >= 0.6 is 0 Å². The summed E-state index contributed by atoms with van der Waals surface area (Å²) in [6.45, 7) is 0. The number of carbonyl (C=O) groups excluding carboxylic acids is 1. The van der Waals surface area contributed by atoms with Gasteiger partial charge in [-0.05, 0) is 12.8 Å². The average molecular weight is 195 g/mol. The Balaban J connectivity index is 2.73. The fraction of sp³-hybridized carbons (Fsp3) is 0.875. The Labute approximate surface area is 74.3 Å². The van der Waals surface area contributed by atoms with Gasteiger partial charge in [0.15, 0.2) is 0 Å². The normalized spacial score (nSPS) is 30.1. The molecular weight excluding hydrogens is 183 g/mol. The summed E-state index contributed by atoms with van der Waals surface area (Å²) in [5.41, 5.74) is 4.92. The Bertz CT molecular complexity index is 202. The van der Waals surface area contributed by atoms with Crippen LogP contribution in [0.3, 0.4) is 0 Å². The first-order chi connectivity index (χ1) is 5.93. The first kappa shape index (κ1) is 10.3. The van der Waals surface area contributed by atoms with Gasteiger partial charge in [0, 0.05) is 5.92 Å². The molecule has 5 heteroatoms. The molecule has 1 amide bonds. The van der Waals surface area contributed by atoms with E-state index in [1.165, 1.54) is 0 Å². The van der Waals surface area contributed by atoms with Crippen molar-refractivity contribution in [1.82, 2.24) is 0 Å². The molecule has 0 spiro atoms. The van der Waals surface area contributed by atoms with E-state index in [-0.39, 0.29) is 12.8 Å². The number of amides is 1. The van der Waals surface area contributed by atoms with Crippen LogP contribution in [-0.2, 0) is 4.79 Å². The monoisotopic (exact) mass is 195 g/mol. The standard InChI is InChI=1S/C8H12F3NO/c9-8(10,11)6-4-2-1-3-5(6)7(12)13/h5-6H,1-4H2,(H2,12,13)/t5-,6+/m0/s1. The summed E-state index contributed by atoms with van der Waals surface area (Å²) in [6, 6.07) is 0. The fourth-order valence-electron chi connectivity index (χ4n) is 1.86. The predicted molar refractivity (Wildman–Crippen MR) is 40.7 cm³/mol. The van der Waals surface area contributed by atoms with Crippen LogP contribution in [0.2, 0.25) is 0 Å². The molecule has 0 radical (unpaired) electrons. The van der Waals surface area contributed by atoms with Crippen LogP contribution in [0.4, 0.5) is 13.2 Å². The highest BCUT2D eigenvalue weighted by Gasteiger charge is 2.47. The van der Waals surface area contributed by atoms with Crippen molar-refractivity contribution in [2.75, 3.05) is 0 Å². The van der Waals surface area contributed by atoms with Gasteiger partial charge in [-0.1, -0.05) is 12.8 Å². The van der Waals surface area contributed by atoms with Crippen molar-refractivity contribution in [2.45, 2.75) is 31.9 Å². The summed E-state index contributed by atoms with van der Waals surface area (Å²) in [5.74, 6) is -3.34. The number of hydrogen-bond donors (Lipinski definition) is 1. The van der Waals surface area contributed by atoms with Gasteiger partial charge in [0.1, 0.15) is 0 Å². The Morgan fingerprint density at radius 1 is 1.23 bits per heavy atom. The van der Waals surface area contributed by atoms with E-state index < -0.39 is 23.9 Å². The summed E-state index contributed by atoms with van der Waals surface area (Å²) in [7, 11) is 0. The summed E-state index contributed by atoms with van der Waals surface area (Å²) < 4.78 is 37.0. The van der Waals surface area contributed by atoms with E-state index in [0.717, 1.165) is 0 Å². The third-order valence-corrected chi connectivity index (χ3v) is 2.55. The highest BCUT2D eigenvalue weighted by molar-refractivity contribution is 5.77. The number of carbonyl (C=O) groups is 1. The number of hydrogen-bond acceptors (Lipinski definition) is 1. The molecule has 1 aliphatic carbocycles. The molecule has 0 unspecified atom stereocenters. The van der Waals surface area contributed by atoms with Gasteiger partial charge in [0.05, 0.1) is 5.92 Å². The topological polar surface area (TPSA) is 43.1 Å². The largest absolute Gasteiger partial charge is 0.392 e. The van der Waals surface area contributed by atoms with E-state index in [0.29, 0.717) is 12.8 Å². The second-order valence-corrected chi connectivity index (χ2v) is 3.44. The molecule has 0 aromatic rings. The van der Waals surface area contributed by atoms with Crippen molar-refractivity contribution >= 4 is 5.91 Å². The summed E-state index contributed by atoms with van der Waals surface area (Å²) in [4.78, 5) is 10.7. The maximum atomic E-state index is 12.3. The smallest absolute Gasteiger partial charge is 0.369 e. The zero-order chi connectivity index (χ0) is 10.1. The van der Waals surface area contributed by atoms with Crippen LogP contribution in [0, 0.1) is 11.8 Å². The van der Waals surface area contributed by atoms with Crippen LogP contribution in [-0.4, -0.2) is 12.1 Å². The van der Waals surface area contributed by atoms with Crippen molar-refractivity contribution in [3.05, 3.63) is 0 Å². The van der Waals surface area contributed by atoms with E-state index in [9.17, 15) is 18.0 Å². The molecule has 0 aromatic carbocycles. The molecule has 0 aromatic heterocycles. The van der Waals surface area contributed by atoms with E-state index in [4.69, 9.17) is 5.73 Å². The highest BCUT2D eigenvalue weighted by Crippen LogP contribution is 2.41. The SMILES string of the molecule is NC(=O)[C@H]1CCCC[C@H]1C(F)(F)F. The molecule has 2 atom stereocenters. The number of alkyl halides is 3. The quantitative estimate of drug-likeness (QED) is 0.681. The average Bonchev–Trinajstić information content (AvgIpc) is 2.03. The second kappa shape index (κ2) is 3.55. The Morgan fingerprint density at radius 3 is 2.15 bits per heavy atom. The second-order valence-electron chi connectivity index (χ2n) is 3.44. The van der Waals surface area contributed by atoms with Crippen LogP contribution in [0.25, 0.3) is 0 Å². The van der Waals surface area contributed by atoms with Crippen molar-refractivity contribution in [3.8, 4) is 0 Å². The van der Waals surface area contributed by atoms with Gasteiger partial charge >= 0.3 is 6.18 Å². The molecule has 1 fully saturated rings. The van der Waals surface area contributed by atoms with Gasteiger partial charge in [0.25, 0.3) is 0 Å². The van der Waals surface area contributed by atoms with Gasteiger partial charge in [-0.25, -0.2) is 0 Å². The molecule has 76 valence electrons. The first-order valence-electron chi connectivity index (χ1n) is 4.29. The van der Waals surface area contributed by atoms with Gasteiger partial charge in [0.2, 0.25) is 5.91 Å². The molecule has 0 aliphatic heterocycles. The summed E-state index contributed by atoms with van der Waals surface area (Å²) in [5, 5.41) is 0. The molecule has 1 aliphatic rings. The third kappa shape index (κ3) is 2.35. The molecule has 13 heavy (non-hydrogen) atoms. The van der Waals surface area contributed by atoms with Crippen LogP contribution in [0.5, 0.6) is 0 Å². The molecule has 2 nitrogen and oxygen atoms in total. The van der Waals surface area contributed by atoms with Gasteiger partial charge in [-0.2, -0.15) is 13.2 Å². The molecule has 0 heterocycles. The fourth-order valence-corrected chi connectivity index (χ4v) is 1.86. The van der Waals surface area contributed by atoms with Crippen molar-refractivity contribution in [1.29, 1.82) is 0 Å².